The van der Waals surface area contributed by atoms with Crippen molar-refractivity contribution in [3.05, 3.63) is 58.0 Å². The van der Waals surface area contributed by atoms with E-state index in [0.29, 0.717) is 19.5 Å². The minimum Gasteiger partial charge on any atom is -0.372 e. The van der Waals surface area contributed by atoms with Gasteiger partial charge < -0.3 is 5.32 Å². The molecule has 0 radical (unpaired) electrons. The lowest BCUT2D eigenvalue weighted by Gasteiger charge is -2.30. The SMILES string of the molecule is CC1CCCN(S(=O)(=O)c2ccc(NCc3nnc4ccc(C(F)(F)F)cn34)c([N+](=O)[O-])c2)C1. The molecule has 4 rings (SSSR count). The Hall–Kier alpha value is -3.26. The first kappa shape index (κ1) is 23.9. The number of benzene rings is 1. The Morgan fingerprint density at radius 1 is 1.24 bits per heavy atom. The van der Waals surface area contributed by atoms with Gasteiger partial charge >= 0.3 is 6.18 Å². The van der Waals surface area contributed by atoms with Gasteiger partial charge in [0.2, 0.25) is 10.0 Å². The molecular weight excluding hydrogens is 477 g/mol. The summed E-state index contributed by atoms with van der Waals surface area (Å²) in [5, 5.41) is 22.1. The molecule has 1 fully saturated rings. The number of sulfonamides is 1. The number of fused-ring (bicyclic) bond motifs is 1. The van der Waals surface area contributed by atoms with E-state index in [-0.39, 0.29) is 34.5 Å². The minimum absolute atomic E-state index is 0.000289. The molecule has 0 aliphatic carbocycles. The molecule has 1 aliphatic rings. The summed E-state index contributed by atoms with van der Waals surface area (Å²) in [6.07, 6.45) is -2.09. The highest BCUT2D eigenvalue weighted by Crippen LogP contribution is 2.32. The molecule has 1 aliphatic heterocycles. The quantitative estimate of drug-likeness (QED) is 0.406. The lowest BCUT2D eigenvalue weighted by Crippen LogP contribution is -2.39. The molecule has 0 saturated carbocycles. The topological polar surface area (TPSA) is 123 Å². The Bertz CT molecular complexity index is 1340. The first-order chi connectivity index (χ1) is 16.0. The second-order valence-corrected chi connectivity index (χ2v) is 10.1. The number of nitrogens with zero attached hydrogens (tertiary/aromatic N) is 5. The molecule has 3 aromatic rings. The number of hydrogen-bond acceptors (Lipinski definition) is 7. The van der Waals surface area contributed by atoms with Crippen LogP contribution in [-0.2, 0) is 22.7 Å². The highest BCUT2D eigenvalue weighted by Gasteiger charge is 2.32. The van der Waals surface area contributed by atoms with Crippen LogP contribution < -0.4 is 5.32 Å². The number of nitro groups is 1. The average Bonchev–Trinajstić information content (AvgIpc) is 3.19. The highest BCUT2D eigenvalue weighted by atomic mass is 32.2. The summed E-state index contributed by atoms with van der Waals surface area (Å²) < 4.78 is 67.6. The third-order valence-corrected chi connectivity index (χ3v) is 7.52. The Labute approximate surface area is 192 Å². The van der Waals surface area contributed by atoms with Gasteiger partial charge in [0.05, 0.1) is 21.9 Å². The van der Waals surface area contributed by atoms with Crippen LogP contribution in [0, 0.1) is 16.0 Å². The van der Waals surface area contributed by atoms with Crippen molar-refractivity contribution in [2.75, 3.05) is 18.4 Å². The number of piperidine rings is 1. The Balaban J connectivity index is 1.60. The minimum atomic E-state index is -4.56. The molecule has 1 aromatic carbocycles. The number of nitrogens with one attached hydrogen (secondary N) is 1. The molecule has 182 valence electrons. The van der Waals surface area contributed by atoms with Crippen LogP contribution >= 0.6 is 0 Å². The Morgan fingerprint density at radius 2 is 2.00 bits per heavy atom. The van der Waals surface area contributed by atoms with Gasteiger partial charge in [-0.25, -0.2) is 8.42 Å². The number of anilines is 1. The Morgan fingerprint density at radius 3 is 2.68 bits per heavy atom. The molecule has 0 bridgehead atoms. The van der Waals surface area contributed by atoms with Crippen molar-refractivity contribution in [3.8, 4) is 0 Å². The number of hydrogen-bond donors (Lipinski definition) is 1. The zero-order valence-electron chi connectivity index (χ0n) is 18.0. The number of rotatable bonds is 6. The third-order valence-electron chi connectivity index (χ3n) is 5.66. The number of alkyl halides is 3. The van der Waals surface area contributed by atoms with Crippen molar-refractivity contribution in [3.63, 3.8) is 0 Å². The lowest BCUT2D eigenvalue weighted by molar-refractivity contribution is -0.384. The molecular formula is C20H21F3N6O4S. The molecule has 14 heteroatoms. The van der Waals surface area contributed by atoms with Gasteiger partial charge in [-0.1, -0.05) is 6.92 Å². The maximum Gasteiger partial charge on any atom is 0.417 e. The highest BCUT2D eigenvalue weighted by molar-refractivity contribution is 7.89. The molecule has 1 atom stereocenters. The second kappa shape index (κ2) is 8.83. The van der Waals surface area contributed by atoms with Crippen LogP contribution in [0.1, 0.15) is 31.2 Å². The summed E-state index contributed by atoms with van der Waals surface area (Å²) in [7, 11) is -3.91. The van der Waals surface area contributed by atoms with Gasteiger partial charge in [-0.3, -0.25) is 14.5 Å². The fourth-order valence-corrected chi connectivity index (χ4v) is 5.51. The predicted molar refractivity (Wildman–Crippen MR) is 116 cm³/mol. The first-order valence-corrected chi connectivity index (χ1v) is 11.8. The van der Waals surface area contributed by atoms with E-state index >= 15 is 0 Å². The molecule has 10 nitrogen and oxygen atoms in total. The summed E-state index contributed by atoms with van der Waals surface area (Å²) in [5.74, 6) is 0.282. The smallest absolute Gasteiger partial charge is 0.372 e. The van der Waals surface area contributed by atoms with Gasteiger partial charge in [-0.15, -0.1) is 10.2 Å². The number of halogens is 3. The fourth-order valence-electron chi connectivity index (χ4n) is 3.89. The zero-order valence-corrected chi connectivity index (χ0v) is 18.8. The van der Waals surface area contributed by atoms with E-state index in [2.05, 4.69) is 15.5 Å². The van der Waals surface area contributed by atoms with E-state index in [1.165, 1.54) is 22.5 Å². The van der Waals surface area contributed by atoms with Crippen molar-refractivity contribution in [2.24, 2.45) is 5.92 Å². The average molecular weight is 498 g/mol. The zero-order chi connectivity index (χ0) is 24.7. The standard InChI is InChI=1S/C20H21F3N6O4S/c1-13-3-2-8-27(11-13)34(32,33)15-5-6-16(17(9-15)29(30)31)24-10-19-26-25-18-7-4-14(12-28(18)19)20(21,22)23/h4-7,9,12-13,24H,2-3,8,10-11H2,1H3. The van der Waals surface area contributed by atoms with Crippen molar-refractivity contribution in [1.82, 2.24) is 18.9 Å². The van der Waals surface area contributed by atoms with E-state index in [4.69, 9.17) is 0 Å². The number of aromatic nitrogens is 3. The molecule has 1 unspecified atom stereocenters. The third kappa shape index (κ3) is 4.68. The summed E-state index contributed by atoms with van der Waals surface area (Å²) in [6.45, 7) is 2.46. The van der Waals surface area contributed by atoms with Crippen LogP contribution in [0.15, 0.2) is 41.4 Å². The van der Waals surface area contributed by atoms with Gasteiger partial charge in [0, 0.05) is 25.4 Å². The van der Waals surface area contributed by atoms with Crippen LogP contribution in [0.4, 0.5) is 24.5 Å². The van der Waals surface area contributed by atoms with E-state index in [9.17, 15) is 31.7 Å². The first-order valence-electron chi connectivity index (χ1n) is 10.4. The van der Waals surface area contributed by atoms with Crippen LogP contribution in [0.5, 0.6) is 0 Å². The van der Waals surface area contributed by atoms with Gasteiger partial charge in [-0.05, 0) is 43.0 Å². The van der Waals surface area contributed by atoms with Crippen LogP contribution in [0.3, 0.4) is 0 Å². The van der Waals surface area contributed by atoms with E-state index in [1.807, 2.05) is 6.92 Å². The molecule has 1 N–H and O–H groups in total. The maximum atomic E-state index is 13.0. The van der Waals surface area contributed by atoms with Crippen molar-refractivity contribution < 1.29 is 26.5 Å². The second-order valence-electron chi connectivity index (χ2n) is 8.16. The maximum absolute atomic E-state index is 13.0. The number of nitro benzene ring substituents is 1. The summed E-state index contributed by atoms with van der Waals surface area (Å²) in [5.41, 5.74) is -1.19. The van der Waals surface area contributed by atoms with Crippen LogP contribution in [0.2, 0.25) is 0 Å². The van der Waals surface area contributed by atoms with E-state index in [0.717, 1.165) is 29.2 Å². The van der Waals surface area contributed by atoms with Crippen LogP contribution in [0.25, 0.3) is 5.65 Å². The molecule has 2 aromatic heterocycles. The van der Waals surface area contributed by atoms with Gasteiger partial charge in [0.1, 0.15) is 5.69 Å². The summed E-state index contributed by atoms with van der Waals surface area (Å²) >= 11 is 0. The summed E-state index contributed by atoms with van der Waals surface area (Å²) in [4.78, 5) is 10.7. The van der Waals surface area contributed by atoms with Crippen molar-refractivity contribution in [1.29, 1.82) is 0 Å². The summed E-state index contributed by atoms with van der Waals surface area (Å²) in [6, 6.07) is 5.58. The molecule has 0 spiro atoms. The molecule has 1 saturated heterocycles. The van der Waals surface area contributed by atoms with Crippen molar-refractivity contribution >= 4 is 27.0 Å². The monoisotopic (exact) mass is 498 g/mol. The van der Waals surface area contributed by atoms with Crippen LogP contribution in [-0.4, -0.2) is 45.3 Å². The van der Waals surface area contributed by atoms with Gasteiger partial charge in [-0.2, -0.15) is 17.5 Å². The molecule has 34 heavy (non-hydrogen) atoms. The van der Waals surface area contributed by atoms with E-state index in [1.54, 1.807) is 0 Å². The van der Waals surface area contributed by atoms with Crippen molar-refractivity contribution in [2.45, 2.75) is 37.4 Å². The van der Waals surface area contributed by atoms with Gasteiger partial charge in [0.15, 0.2) is 11.5 Å². The van der Waals surface area contributed by atoms with Gasteiger partial charge in [0.25, 0.3) is 5.69 Å². The number of pyridine rings is 1. The normalized spacial score (nSPS) is 17.7. The lowest BCUT2D eigenvalue weighted by atomic mass is 10.0. The molecule has 0 amide bonds. The largest absolute Gasteiger partial charge is 0.417 e. The fraction of sp³-hybridized carbons (Fsp3) is 0.400. The predicted octanol–water partition coefficient (Wildman–Crippen LogP) is 3.69. The Kier molecular flexibility index (Phi) is 6.20. The van der Waals surface area contributed by atoms with E-state index < -0.39 is 32.4 Å². The molecule has 3 heterocycles.